The maximum atomic E-state index is 14.0. The number of alkyl halides is 1. The van der Waals surface area contributed by atoms with Gasteiger partial charge < -0.3 is 14.0 Å². The summed E-state index contributed by atoms with van der Waals surface area (Å²) in [4.78, 5) is 13.0. The van der Waals surface area contributed by atoms with Crippen molar-refractivity contribution in [2.75, 3.05) is 13.1 Å². The van der Waals surface area contributed by atoms with Gasteiger partial charge in [0.2, 0.25) is 5.60 Å². The fourth-order valence-electron chi connectivity index (χ4n) is 6.62. The second kappa shape index (κ2) is 9.02. The molecule has 2 aromatic carbocycles. The Morgan fingerprint density at radius 2 is 1.44 bits per heavy atom. The molecule has 2 aromatic rings. The summed E-state index contributed by atoms with van der Waals surface area (Å²) >= 11 is 10.5. The first-order chi connectivity index (χ1) is 15.5. The van der Waals surface area contributed by atoms with Gasteiger partial charge in [0.25, 0.3) is 0 Å². The van der Waals surface area contributed by atoms with Crippen molar-refractivity contribution in [2.45, 2.75) is 67.2 Å². The van der Waals surface area contributed by atoms with E-state index in [0.717, 1.165) is 12.8 Å². The lowest BCUT2D eigenvalue weighted by atomic mass is 9.85. The van der Waals surface area contributed by atoms with Crippen LogP contribution in [-0.2, 0) is 19.9 Å². The quantitative estimate of drug-likeness (QED) is 0.205. The van der Waals surface area contributed by atoms with Gasteiger partial charge in [0.1, 0.15) is 6.10 Å². The standard InChI is InChI=1S/C26H30ClNO3S/c27-25(32)31-26(19-9-3-1-4-10-19,20-11-5-2-6-12-20)24(29)30-23-17-21-13-14-22(18-23)28(21)15-7-8-16-28/h1-6,9-12,21-23,25H,7-8,13-18H2/p+1. The highest BCUT2D eigenvalue weighted by molar-refractivity contribution is 7.82. The lowest BCUT2D eigenvalue weighted by Crippen LogP contribution is -2.60. The average Bonchev–Trinajstić information content (AvgIpc) is 3.35. The Balaban J connectivity index is 1.46. The molecule has 0 amide bonds. The second-order valence-electron chi connectivity index (χ2n) is 9.46. The van der Waals surface area contributed by atoms with E-state index in [1.165, 1.54) is 43.3 Å². The zero-order valence-corrected chi connectivity index (χ0v) is 19.9. The fraction of sp³-hybridized carbons (Fsp3) is 0.500. The van der Waals surface area contributed by atoms with Gasteiger partial charge in [0.15, 0.2) is 4.90 Å². The molecule has 3 saturated heterocycles. The maximum absolute atomic E-state index is 14.0. The van der Waals surface area contributed by atoms with Crippen LogP contribution >= 0.6 is 24.2 Å². The molecule has 1 spiro atoms. The first-order valence-electron chi connectivity index (χ1n) is 11.7. The molecule has 32 heavy (non-hydrogen) atoms. The molecule has 4 nitrogen and oxygen atoms in total. The molecular formula is C26H31ClNO3S+. The first kappa shape index (κ1) is 22.3. The van der Waals surface area contributed by atoms with Gasteiger partial charge >= 0.3 is 5.97 Å². The molecule has 2 bridgehead atoms. The number of benzene rings is 2. The van der Waals surface area contributed by atoms with E-state index in [9.17, 15) is 4.79 Å². The molecule has 0 N–H and O–H groups in total. The summed E-state index contributed by atoms with van der Waals surface area (Å²) in [5.74, 6) is -0.408. The molecule has 5 rings (SSSR count). The van der Waals surface area contributed by atoms with Crippen molar-refractivity contribution >= 4 is 30.2 Å². The minimum atomic E-state index is -1.47. The van der Waals surface area contributed by atoms with Crippen LogP contribution in [0.5, 0.6) is 0 Å². The minimum absolute atomic E-state index is 0.0894. The Bertz CT molecular complexity index is 877. The van der Waals surface area contributed by atoms with Gasteiger partial charge in [-0.1, -0.05) is 72.3 Å². The Labute approximate surface area is 200 Å². The van der Waals surface area contributed by atoms with Crippen LogP contribution in [0.2, 0.25) is 0 Å². The van der Waals surface area contributed by atoms with Gasteiger partial charge in [-0.05, 0) is 11.1 Å². The van der Waals surface area contributed by atoms with Crippen molar-refractivity contribution in [3.05, 3.63) is 71.8 Å². The monoisotopic (exact) mass is 472 g/mol. The summed E-state index contributed by atoms with van der Waals surface area (Å²) < 4.78 is 13.7. The number of esters is 1. The number of carbonyl (C=O) groups excluding carboxylic acids is 1. The number of thiol groups is 1. The zero-order valence-electron chi connectivity index (χ0n) is 18.2. The first-order valence-corrected chi connectivity index (χ1v) is 12.7. The highest BCUT2D eigenvalue weighted by Gasteiger charge is 2.57. The van der Waals surface area contributed by atoms with E-state index in [1.807, 2.05) is 60.7 Å². The summed E-state index contributed by atoms with van der Waals surface area (Å²) in [6.45, 7) is 2.59. The summed E-state index contributed by atoms with van der Waals surface area (Å²) in [6.07, 6.45) is 6.94. The van der Waals surface area contributed by atoms with E-state index >= 15 is 0 Å². The van der Waals surface area contributed by atoms with Gasteiger partial charge in [0, 0.05) is 38.5 Å². The number of piperidine rings is 1. The van der Waals surface area contributed by atoms with Gasteiger partial charge in [-0.15, -0.1) is 12.6 Å². The van der Waals surface area contributed by atoms with Gasteiger partial charge in [-0.25, -0.2) is 4.79 Å². The van der Waals surface area contributed by atoms with Crippen molar-refractivity contribution < 1.29 is 18.8 Å². The summed E-state index contributed by atoms with van der Waals surface area (Å²) in [5.41, 5.74) is -0.0805. The molecule has 0 saturated carbocycles. The van der Waals surface area contributed by atoms with Crippen molar-refractivity contribution in [1.29, 1.82) is 0 Å². The predicted octanol–water partition coefficient (Wildman–Crippen LogP) is 5.25. The van der Waals surface area contributed by atoms with Crippen LogP contribution in [0.4, 0.5) is 0 Å². The lowest BCUT2D eigenvalue weighted by molar-refractivity contribution is -0.956. The number of nitrogens with zero attached hydrogens (tertiary/aromatic N) is 1. The number of carbonyl (C=O) groups is 1. The molecule has 170 valence electrons. The van der Waals surface area contributed by atoms with Gasteiger partial charge in [0.05, 0.1) is 25.2 Å². The van der Waals surface area contributed by atoms with Crippen LogP contribution in [0.1, 0.15) is 49.7 Å². The van der Waals surface area contributed by atoms with Gasteiger partial charge in [-0.3, -0.25) is 0 Å². The Kier molecular flexibility index (Phi) is 6.28. The highest BCUT2D eigenvalue weighted by Crippen LogP contribution is 2.47. The van der Waals surface area contributed by atoms with Crippen molar-refractivity contribution in [3.63, 3.8) is 0 Å². The smallest absolute Gasteiger partial charge is 0.348 e. The molecule has 0 aliphatic carbocycles. The van der Waals surface area contributed by atoms with E-state index in [4.69, 9.17) is 21.1 Å². The topological polar surface area (TPSA) is 35.5 Å². The predicted molar refractivity (Wildman–Crippen MR) is 129 cm³/mol. The van der Waals surface area contributed by atoms with Crippen LogP contribution in [0.3, 0.4) is 0 Å². The van der Waals surface area contributed by atoms with Crippen molar-refractivity contribution in [1.82, 2.24) is 0 Å². The molecule has 3 aliphatic heterocycles. The molecule has 6 heteroatoms. The molecule has 3 fully saturated rings. The number of halogens is 1. The number of quaternary nitrogens is 1. The summed E-state index contributed by atoms with van der Waals surface area (Å²) in [7, 11) is 0. The van der Waals surface area contributed by atoms with E-state index < -0.39 is 16.5 Å². The van der Waals surface area contributed by atoms with E-state index in [1.54, 1.807) is 0 Å². The molecule has 3 heterocycles. The van der Waals surface area contributed by atoms with Crippen LogP contribution < -0.4 is 0 Å². The van der Waals surface area contributed by atoms with E-state index in [0.29, 0.717) is 23.2 Å². The maximum Gasteiger partial charge on any atom is 0.348 e. The summed E-state index contributed by atoms with van der Waals surface area (Å²) in [6, 6.07) is 20.2. The third-order valence-corrected chi connectivity index (χ3v) is 8.15. The molecule has 0 radical (unpaired) electrons. The molecule has 3 aliphatic rings. The van der Waals surface area contributed by atoms with Crippen LogP contribution in [-0.4, -0.2) is 46.6 Å². The second-order valence-corrected chi connectivity index (χ2v) is 10.6. The SMILES string of the molecule is O=C(OC1CC2CCC(C1)[N+]21CCCC1)C(OC(S)Cl)(c1ccccc1)c1ccccc1. The van der Waals surface area contributed by atoms with Crippen LogP contribution in [0.15, 0.2) is 60.7 Å². The Hall–Kier alpha value is -1.53. The molecule has 3 unspecified atom stereocenters. The number of ether oxygens (including phenoxy) is 2. The Morgan fingerprint density at radius 1 is 0.938 bits per heavy atom. The normalized spacial score (nSPS) is 27.4. The minimum Gasteiger partial charge on any atom is -0.459 e. The number of rotatable bonds is 6. The zero-order chi connectivity index (χ0) is 22.2. The summed E-state index contributed by atoms with van der Waals surface area (Å²) in [5, 5.41) is 0. The van der Waals surface area contributed by atoms with Crippen LogP contribution in [0, 0.1) is 0 Å². The molecule has 0 aromatic heterocycles. The largest absolute Gasteiger partial charge is 0.459 e. The lowest BCUT2D eigenvalue weighted by Gasteiger charge is -2.47. The third-order valence-electron chi connectivity index (χ3n) is 7.95. The van der Waals surface area contributed by atoms with Gasteiger partial charge in [-0.2, -0.15) is 0 Å². The fourth-order valence-corrected chi connectivity index (χ4v) is 6.91. The van der Waals surface area contributed by atoms with Crippen molar-refractivity contribution in [3.8, 4) is 0 Å². The van der Waals surface area contributed by atoms with Crippen molar-refractivity contribution in [2.24, 2.45) is 0 Å². The number of hydrogen-bond donors (Lipinski definition) is 1. The molecular weight excluding hydrogens is 442 g/mol. The number of hydrogen-bond acceptors (Lipinski definition) is 4. The third kappa shape index (κ3) is 3.77. The van der Waals surface area contributed by atoms with E-state index in [-0.39, 0.29) is 6.10 Å². The average molecular weight is 473 g/mol. The van der Waals surface area contributed by atoms with Crippen LogP contribution in [0.25, 0.3) is 0 Å². The Morgan fingerprint density at radius 3 is 1.91 bits per heavy atom. The highest BCUT2D eigenvalue weighted by atomic mass is 35.5. The molecule has 3 atom stereocenters. The van der Waals surface area contributed by atoms with E-state index in [2.05, 4.69) is 12.6 Å².